The van der Waals surface area contributed by atoms with Crippen LogP contribution in [0.4, 0.5) is 8.78 Å². The van der Waals surface area contributed by atoms with Gasteiger partial charge in [-0.15, -0.1) is 12.4 Å². The monoisotopic (exact) mass is 287 g/mol. The summed E-state index contributed by atoms with van der Waals surface area (Å²) in [6.07, 6.45) is 0. The van der Waals surface area contributed by atoms with Crippen LogP contribution in [-0.2, 0) is 9.59 Å². The van der Waals surface area contributed by atoms with E-state index < -0.39 is 30.3 Å². The van der Waals surface area contributed by atoms with E-state index in [1.807, 2.05) is 5.32 Å². The Morgan fingerprint density at radius 1 is 1.17 bits per heavy atom. The van der Waals surface area contributed by atoms with Crippen LogP contribution in [0.2, 0.25) is 0 Å². The fourth-order valence-corrected chi connectivity index (χ4v) is 0.788. The van der Waals surface area contributed by atoms with Crippen molar-refractivity contribution in [3.8, 4) is 0 Å². The van der Waals surface area contributed by atoms with Crippen LogP contribution in [0.5, 0.6) is 0 Å². The Labute approximate surface area is 111 Å². The molecule has 0 aromatic carbocycles. The summed E-state index contributed by atoms with van der Waals surface area (Å²) in [7, 11) is 0. The van der Waals surface area contributed by atoms with Crippen molar-refractivity contribution < 1.29 is 18.4 Å². The minimum atomic E-state index is -3.12. The molecule has 0 spiro atoms. The number of amides is 2. The number of carbonyl (C=O) groups excluding carboxylic acids is 2. The van der Waals surface area contributed by atoms with Gasteiger partial charge in [0.2, 0.25) is 11.8 Å². The first-order valence-electron chi connectivity index (χ1n) is 5.21. The van der Waals surface area contributed by atoms with E-state index in [0.717, 1.165) is 0 Å². The Balaban J connectivity index is 0. The van der Waals surface area contributed by atoms with E-state index in [0.29, 0.717) is 0 Å². The van der Waals surface area contributed by atoms with Gasteiger partial charge in [-0.25, -0.2) is 8.78 Å². The number of halogens is 3. The zero-order chi connectivity index (χ0) is 13.7. The zero-order valence-electron chi connectivity index (χ0n) is 10.7. The normalized spacial score (nSPS) is 11.4. The number of rotatable bonds is 5. The molecule has 0 aromatic rings. The summed E-state index contributed by atoms with van der Waals surface area (Å²) in [6, 6.07) is 0. The van der Waals surface area contributed by atoms with Gasteiger partial charge in [0, 0.05) is 5.41 Å². The first kappa shape index (κ1) is 19.4. The standard InChI is InChI=1S/C10H19F2N3O2.ClH/c1-9(2,3)8(17)14-4-7(16)15-6-10(11,12)5-13;/h4-6,13H2,1-3H3,(H,14,17)(H,15,16);1H. The summed E-state index contributed by atoms with van der Waals surface area (Å²) in [6.45, 7) is 3.07. The predicted molar refractivity (Wildman–Crippen MR) is 66.7 cm³/mol. The van der Waals surface area contributed by atoms with E-state index in [1.165, 1.54) is 0 Å². The molecular weight excluding hydrogens is 268 g/mol. The first-order valence-corrected chi connectivity index (χ1v) is 5.21. The van der Waals surface area contributed by atoms with Gasteiger partial charge in [0.25, 0.3) is 5.92 Å². The second-order valence-corrected chi connectivity index (χ2v) is 4.77. The van der Waals surface area contributed by atoms with Crippen LogP contribution in [0.3, 0.4) is 0 Å². The quantitative estimate of drug-likeness (QED) is 0.679. The van der Waals surface area contributed by atoms with Crippen molar-refractivity contribution in [1.29, 1.82) is 0 Å². The van der Waals surface area contributed by atoms with Crippen LogP contribution in [0.1, 0.15) is 20.8 Å². The number of hydrogen-bond acceptors (Lipinski definition) is 3. The van der Waals surface area contributed by atoms with Gasteiger partial charge in [-0.3, -0.25) is 9.59 Å². The highest BCUT2D eigenvalue weighted by Gasteiger charge is 2.27. The van der Waals surface area contributed by atoms with Crippen molar-refractivity contribution in [3.05, 3.63) is 0 Å². The number of hydrogen-bond donors (Lipinski definition) is 3. The van der Waals surface area contributed by atoms with Crippen molar-refractivity contribution in [2.75, 3.05) is 19.6 Å². The van der Waals surface area contributed by atoms with Crippen LogP contribution < -0.4 is 16.4 Å². The second-order valence-electron chi connectivity index (χ2n) is 4.77. The average Bonchev–Trinajstić information content (AvgIpc) is 2.21. The molecular formula is C10H20ClF2N3O2. The molecule has 5 nitrogen and oxygen atoms in total. The molecule has 0 bridgehead atoms. The van der Waals surface area contributed by atoms with E-state index >= 15 is 0 Å². The third kappa shape index (κ3) is 8.19. The zero-order valence-corrected chi connectivity index (χ0v) is 11.5. The number of carbonyl (C=O) groups is 2. The van der Waals surface area contributed by atoms with Gasteiger partial charge in [0.05, 0.1) is 19.6 Å². The Bertz CT molecular complexity index is 293. The summed E-state index contributed by atoms with van der Waals surface area (Å²) in [5.41, 5.74) is 4.18. The molecule has 0 saturated carbocycles. The number of alkyl halides is 2. The van der Waals surface area contributed by atoms with Crippen molar-refractivity contribution in [2.45, 2.75) is 26.7 Å². The molecule has 0 aliphatic rings. The lowest BCUT2D eigenvalue weighted by atomic mass is 9.96. The summed E-state index contributed by atoms with van der Waals surface area (Å²) in [5.74, 6) is -4.11. The van der Waals surface area contributed by atoms with E-state index in [2.05, 4.69) is 5.32 Å². The van der Waals surface area contributed by atoms with Crippen LogP contribution >= 0.6 is 12.4 Å². The lowest BCUT2D eigenvalue weighted by Gasteiger charge is -2.18. The second kappa shape index (κ2) is 7.48. The summed E-state index contributed by atoms with van der Waals surface area (Å²) in [4.78, 5) is 22.5. The third-order valence-corrected chi connectivity index (χ3v) is 1.93. The lowest BCUT2D eigenvalue weighted by Crippen LogP contribution is -2.46. The number of nitrogens with one attached hydrogen (secondary N) is 2. The van der Waals surface area contributed by atoms with Gasteiger partial charge in [-0.2, -0.15) is 0 Å². The molecule has 0 heterocycles. The summed E-state index contributed by atoms with van der Waals surface area (Å²) >= 11 is 0. The highest BCUT2D eigenvalue weighted by Crippen LogP contribution is 2.12. The molecule has 0 radical (unpaired) electrons. The summed E-state index contributed by atoms with van der Waals surface area (Å²) < 4.78 is 25.3. The molecule has 2 amide bonds. The molecule has 108 valence electrons. The predicted octanol–water partition coefficient (Wildman–Crippen LogP) is 0.281. The third-order valence-electron chi connectivity index (χ3n) is 1.93. The smallest absolute Gasteiger partial charge is 0.277 e. The maximum Gasteiger partial charge on any atom is 0.277 e. The van der Waals surface area contributed by atoms with Gasteiger partial charge in [0.15, 0.2) is 0 Å². The largest absolute Gasteiger partial charge is 0.348 e. The molecule has 18 heavy (non-hydrogen) atoms. The molecule has 0 aliphatic carbocycles. The van der Waals surface area contributed by atoms with Crippen molar-refractivity contribution >= 4 is 24.2 Å². The van der Waals surface area contributed by atoms with Crippen LogP contribution in [0.15, 0.2) is 0 Å². The maximum atomic E-state index is 12.7. The minimum absolute atomic E-state index is 0. The fourth-order valence-electron chi connectivity index (χ4n) is 0.788. The van der Waals surface area contributed by atoms with Crippen LogP contribution in [0, 0.1) is 5.41 Å². The Kier molecular flexibility index (Phi) is 8.05. The fraction of sp³-hybridized carbons (Fsp3) is 0.800. The minimum Gasteiger partial charge on any atom is -0.348 e. The maximum absolute atomic E-state index is 12.7. The molecule has 0 atom stereocenters. The Hall–Kier alpha value is -0.950. The molecule has 0 fully saturated rings. The molecule has 8 heteroatoms. The molecule has 4 N–H and O–H groups in total. The van der Waals surface area contributed by atoms with Crippen LogP contribution in [0.25, 0.3) is 0 Å². The van der Waals surface area contributed by atoms with Crippen LogP contribution in [-0.4, -0.2) is 37.4 Å². The topological polar surface area (TPSA) is 84.2 Å². The van der Waals surface area contributed by atoms with E-state index in [9.17, 15) is 18.4 Å². The lowest BCUT2D eigenvalue weighted by molar-refractivity contribution is -0.131. The molecule has 0 unspecified atom stereocenters. The molecule has 0 aromatic heterocycles. The van der Waals surface area contributed by atoms with Crippen molar-refractivity contribution in [1.82, 2.24) is 10.6 Å². The van der Waals surface area contributed by atoms with Gasteiger partial charge < -0.3 is 16.4 Å². The average molecular weight is 288 g/mol. The Morgan fingerprint density at radius 2 is 1.67 bits per heavy atom. The number of nitrogens with two attached hydrogens (primary N) is 1. The molecule has 0 saturated heterocycles. The highest BCUT2D eigenvalue weighted by molar-refractivity contribution is 5.87. The first-order chi connectivity index (χ1) is 7.58. The SMILES string of the molecule is CC(C)(C)C(=O)NCC(=O)NCC(F)(F)CN.Cl. The molecule has 0 aliphatic heterocycles. The van der Waals surface area contributed by atoms with E-state index in [4.69, 9.17) is 5.73 Å². The summed E-state index contributed by atoms with van der Waals surface area (Å²) in [5, 5.41) is 4.35. The molecule has 0 rings (SSSR count). The van der Waals surface area contributed by atoms with Gasteiger partial charge in [0.1, 0.15) is 0 Å². The Morgan fingerprint density at radius 3 is 2.06 bits per heavy atom. The van der Waals surface area contributed by atoms with Gasteiger partial charge in [-0.05, 0) is 0 Å². The highest BCUT2D eigenvalue weighted by atomic mass is 35.5. The van der Waals surface area contributed by atoms with Crippen molar-refractivity contribution in [3.63, 3.8) is 0 Å². The van der Waals surface area contributed by atoms with E-state index in [1.54, 1.807) is 20.8 Å². The van der Waals surface area contributed by atoms with Gasteiger partial charge >= 0.3 is 0 Å². The van der Waals surface area contributed by atoms with Crippen molar-refractivity contribution in [2.24, 2.45) is 11.1 Å². The van der Waals surface area contributed by atoms with E-state index in [-0.39, 0.29) is 24.9 Å². The van der Waals surface area contributed by atoms with Gasteiger partial charge in [-0.1, -0.05) is 20.8 Å².